The molecule has 0 spiro atoms. The molecule has 2 aromatic heterocycles. The molecule has 1 atom stereocenters. The average Bonchev–Trinajstić information content (AvgIpc) is 3.35. The van der Waals surface area contributed by atoms with E-state index in [0.717, 1.165) is 57.3 Å². The van der Waals surface area contributed by atoms with Crippen LogP contribution in [-0.4, -0.2) is 36.7 Å². The van der Waals surface area contributed by atoms with Crippen molar-refractivity contribution in [3.8, 4) is 11.5 Å². The van der Waals surface area contributed by atoms with E-state index in [2.05, 4.69) is 5.16 Å². The van der Waals surface area contributed by atoms with E-state index >= 15 is 0 Å². The monoisotopic (exact) mass is 440 g/mol. The molecule has 0 aliphatic carbocycles. The first kappa shape index (κ1) is 21.4. The highest BCUT2D eigenvalue weighted by Gasteiger charge is 2.33. The molecule has 6 nitrogen and oxygen atoms in total. The fraction of sp³-hybridized carbons (Fsp3) is 0.417. The summed E-state index contributed by atoms with van der Waals surface area (Å²) in [5, 5.41) is 4.09. The van der Waals surface area contributed by atoms with Gasteiger partial charge in [-0.1, -0.05) is 5.16 Å². The topological polar surface area (TPSA) is 64.8 Å². The number of ether oxygens (including phenoxy) is 2. The predicted molar refractivity (Wildman–Crippen MR) is 120 cm³/mol. The van der Waals surface area contributed by atoms with Gasteiger partial charge >= 0.3 is 0 Å². The van der Waals surface area contributed by atoms with Crippen molar-refractivity contribution in [3.05, 3.63) is 62.2 Å². The van der Waals surface area contributed by atoms with Crippen LogP contribution in [0.3, 0.4) is 0 Å². The zero-order valence-corrected chi connectivity index (χ0v) is 19.5. The minimum Gasteiger partial charge on any atom is -0.493 e. The molecule has 1 aliphatic heterocycles. The fourth-order valence-corrected chi connectivity index (χ4v) is 5.24. The summed E-state index contributed by atoms with van der Waals surface area (Å²) in [6, 6.07) is 7.95. The van der Waals surface area contributed by atoms with Crippen LogP contribution in [0.5, 0.6) is 11.5 Å². The Balaban J connectivity index is 1.72. The van der Waals surface area contributed by atoms with Gasteiger partial charge in [0.2, 0.25) is 0 Å². The van der Waals surface area contributed by atoms with Crippen molar-refractivity contribution in [3.63, 3.8) is 0 Å². The zero-order valence-electron chi connectivity index (χ0n) is 18.7. The Hall–Kier alpha value is -2.80. The molecule has 4 rings (SSSR count). The maximum atomic E-state index is 13.5. The summed E-state index contributed by atoms with van der Waals surface area (Å²) in [6.07, 6.45) is 2.35. The quantitative estimate of drug-likeness (QED) is 0.537. The summed E-state index contributed by atoms with van der Waals surface area (Å²) in [5.74, 6) is 2.33. The third kappa shape index (κ3) is 4.06. The van der Waals surface area contributed by atoms with Gasteiger partial charge in [0.15, 0.2) is 11.5 Å². The van der Waals surface area contributed by atoms with Gasteiger partial charge in [-0.15, -0.1) is 11.3 Å². The summed E-state index contributed by atoms with van der Waals surface area (Å²) in [6.45, 7) is 6.60. The lowest BCUT2D eigenvalue weighted by molar-refractivity contribution is 0.0655. The number of amides is 1. The molecule has 0 fully saturated rings. The van der Waals surface area contributed by atoms with E-state index in [9.17, 15) is 4.79 Å². The van der Waals surface area contributed by atoms with Crippen molar-refractivity contribution in [2.24, 2.45) is 0 Å². The summed E-state index contributed by atoms with van der Waals surface area (Å²) in [4.78, 5) is 17.4. The number of carbonyl (C=O) groups is 1. The van der Waals surface area contributed by atoms with Gasteiger partial charge in [0, 0.05) is 17.0 Å². The number of rotatable bonds is 6. The number of fused-ring (bicyclic) bond motifs is 1. The Kier molecular flexibility index (Phi) is 6.05. The lowest BCUT2D eigenvalue weighted by Crippen LogP contribution is -2.40. The van der Waals surface area contributed by atoms with Gasteiger partial charge in [0.05, 0.1) is 30.8 Å². The molecule has 0 unspecified atom stereocenters. The highest BCUT2D eigenvalue weighted by Crippen LogP contribution is 2.41. The van der Waals surface area contributed by atoms with E-state index in [-0.39, 0.29) is 11.9 Å². The van der Waals surface area contributed by atoms with E-state index in [1.165, 1.54) is 5.56 Å². The van der Waals surface area contributed by atoms with Crippen molar-refractivity contribution in [1.82, 2.24) is 10.1 Å². The Morgan fingerprint density at radius 2 is 1.94 bits per heavy atom. The van der Waals surface area contributed by atoms with Crippen LogP contribution in [0.25, 0.3) is 0 Å². The van der Waals surface area contributed by atoms with Gasteiger partial charge in [0.25, 0.3) is 5.91 Å². The number of carbonyl (C=O) groups excluding carboxylic acids is 1. The molecule has 164 valence electrons. The molecule has 3 aromatic rings. The second-order valence-corrected chi connectivity index (χ2v) is 9.21. The summed E-state index contributed by atoms with van der Waals surface area (Å²) in [5.41, 5.74) is 4.35. The fourth-order valence-electron chi connectivity index (χ4n) is 4.41. The van der Waals surface area contributed by atoms with Crippen LogP contribution in [0.15, 0.2) is 28.8 Å². The van der Waals surface area contributed by atoms with Gasteiger partial charge in [-0.2, -0.15) is 0 Å². The number of thiophene rings is 1. The van der Waals surface area contributed by atoms with Gasteiger partial charge in [-0.25, -0.2) is 0 Å². The van der Waals surface area contributed by atoms with Crippen LogP contribution in [0.1, 0.15) is 55.2 Å². The molecule has 1 amide bonds. The zero-order chi connectivity index (χ0) is 22.1. The van der Waals surface area contributed by atoms with Crippen molar-refractivity contribution in [2.45, 2.75) is 46.1 Å². The first-order chi connectivity index (χ1) is 14.9. The van der Waals surface area contributed by atoms with Gasteiger partial charge in [0.1, 0.15) is 5.76 Å². The van der Waals surface area contributed by atoms with E-state index in [0.29, 0.717) is 12.3 Å². The first-order valence-electron chi connectivity index (χ1n) is 10.5. The molecule has 1 aliphatic rings. The Bertz CT molecular complexity index is 1080. The highest BCUT2D eigenvalue weighted by atomic mass is 32.1. The minimum atomic E-state index is -0.0628. The van der Waals surface area contributed by atoms with Crippen LogP contribution in [-0.2, 0) is 12.8 Å². The molecule has 0 N–H and O–H groups in total. The van der Waals surface area contributed by atoms with E-state index in [1.807, 2.05) is 49.9 Å². The summed E-state index contributed by atoms with van der Waals surface area (Å²) in [7, 11) is 3.29. The lowest BCUT2D eigenvalue weighted by atomic mass is 9.88. The SMILES string of the molecule is COc1cc2c(cc1OC)[C@H](CCc1c(C)noc1C)N(C(=O)c1ccc(C)s1)CC2. The molecule has 0 radical (unpaired) electrons. The molecule has 31 heavy (non-hydrogen) atoms. The predicted octanol–water partition coefficient (Wildman–Crippen LogP) is 5.05. The third-order valence-corrected chi connectivity index (χ3v) is 7.05. The Morgan fingerprint density at radius 1 is 1.19 bits per heavy atom. The highest BCUT2D eigenvalue weighted by molar-refractivity contribution is 7.13. The van der Waals surface area contributed by atoms with Crippen LogP contribution >= 0.6 is 11.3 Å². The summed E-state index contributed by atoms with van der Waals surface area (Å²) >= 11 is 1.55. The van der Waals surface area contributed by atoms with E-state index in [1.54, 1.807) is 25.6 Å². The van der Waals surface area contributed by atoms with Crippen LogP contribution < -0.4 is 9.47 Å². The van der Waals surface area contributed by atoms with Crippen molar-refractivity contribution >= 4 is 17.2 Å². The van der Waals surface area contributed by atoms with E-state index in [4.69, 9.17) is 14.0 Å². The molecular formula is C24H28N2O4S. The van der Waals surface area contributed by atoms with Crippen molar-refractivity contribution in [2.75, 3.05) is 20.8 Å². The number of aryl methyl sites for hydroxylation is 3. The maximum Gasteiger partial charge on any atom is 0.264 e. The average molecular weight is 441 g/mol. The van der Waals surface area contributed by atoms with Crippen LogP contribution in [0.4, 0.5) is 0 Å². The maximum absolute atomic E-state index is 13.5. The van der Waals surface area contributed by atoms with E-state index < -0.39 is 0 Å². The largest absolute Gasteiger partial charge is 0.493 e. The van der Waals surface area contributed by atoms with Gasteiger partial charge < -0.3 is 18.9 Å². The normalized spacial score (nSPS) is 15.6. The van der Waals surface area contributed by atoms with Crippen LogP contribution in [0.2, 0.25) is 0 Å². The second kappa shape index (κ2) is 8.75. The lowest BCUT2D eigenvalue weighted by Gasteiger charge is -2.38. The molecule has 7 heteroatoms. The molecular weight excluding hydrogens is 412 g/mol. The molecule has 0 bridgehead atoms. The number of nitrogens with zero attached hydrogens (tertiary/aromatic N) is 2. The number of hydrogen-bond donors (Lipinski definition) is 0. The summed E-state index contributed by atoms with van der Waals surface area (Å²) < 4.78 is 16.4. The van der Waals surface area contributed by atoms with Crippen molar-refractivity contribution in [1.29, 1.82) is 0 Å². The smallest absolute Gasteiger partial charge is 0.264 e. The molecule has 0 saturated heterocycles. The number of benzene rings is 1. The van der Waals surface area contributed by atoms with Crippen LogP contribution in [0, 0.1) is 20.8 Å². The number of hydrogen-bond acceptors (Lipinski definition) is 6. The minimum absolute atomic E-state index is 0.0628. The Labute approximate surface area is 186 Å². The number of methoxy groups -OCH3 is 2. The third-order valence-electron chi connectivity index (χ3n) is 6.06. The van der Waals surface area contributed by atoms with Gasteiger partial charge in [-0.05, 0) is 75.4 Å². The molecule has 0 saturated carbocycles. The molecule has 3 heterocycles. The first-order valence-corrected chi connectivity index (χ1v) is 11.3. The molecule has 1 aromatic carbocycles. The van der Waals surface area contributed by atoms with Crippen molar-refractivity contribution < 1.29 is 18.8 Å². The van der Waals surface area contributed by atoms with Gasteiger partial charge in [-0.3, -0.25) is 4.79 Å². The standard InChI is InChI=1S/C24H28N2O4S/c1-14-6-9-23(31-14)24(27)26-11-10-17-12-21(28-4)22(29-5)13-19(17)20(26)8-7-18-15(2)25-30-16(18)3/h6,9,12-13,20H,7-8,10-11H2,1-5H3/t20-/m0/s1. The Morgan fingerprint density at radius 3 is 2.55 bits per heavy atom. The second-order valence-electron chi connectivity index (χ2n) is 7.92. The number of aromatic nitrogens is 1.